The average molecular weight is 287 g/mol. The average Bonchev–Trinajstić information content (AvgIpc) is 2.42. The number of benzene rings is 1. The van der Waals surface area contributed by atoms with Gasteiger partial charge in [-0.25, -0.2) is 4.39 Å². The topological polar surface area (TPSA) is 41.6 Å². The fourth-order valence-corrected chi connectivity index (χ4v) is 2.12. The Bertz CT molecular complexity index is 464. The highest BCUT2D eigenvalue weighted by atomic mass is 35.5. The van der Waals surface area contributed by atoms with Crippen molar-refractivity contribution in [1.29, 1.82) is 0 Å². The van der Waals surface area contributed by atoms with Crippen molar-refractivity contribution in [1.82, 2.24) is 4.90 Å². The van der Waals surface area contributed by atoms with Crippen molar-refractivity contribution < 1.29 is 13.9 Å². The standard InChI is InChI=1S/C13H16ClFN2O2/c1-9(17-4-6-19-7-5-17)13(18)16-12-3-2-10(14)8-11(12)15/h2-3,8-9H,4-7H2,1H3,(H,16,18)/t9-/m0/s1. The van der Waals surface area contributed by atoms with E-state index in [-0.39, 0.29) is 17.6 Å². The summed E-state index contributed by atoms with van der Waals surface area (Å²) in [5.74, 6) is -0.766. The van der Waals surface area contributed by atoms with Gasteiger partial charge in [-0.05, 0) is 25.1 Å². The molecule has 19 heavy (non-hydrogen) atoms. The van der Waals surface area contributed by atoms with Gasteiger partial charge in [0, 0.05) is 18.1 Å². The molecule has 1 aliphatic heterocycles. The molecule has 0 aromatic heterocycles. The molecule has 0 bridgehead atoms. The number of amides is 1. The minimum absolute atomic E-state index is 0.148. The third-order valence-corrected chi connectivity index (χ3v) is 3.40. The first-order valence-corrected chi connectivity index (χ1v) is 6.53. The predicted octanol–water partition coefficient (Wildman–Crippen LogP) is 2.14. The number of nitrogens with one attached hydrogen (secondary N) is 1. The van der Waals surface area contributed by atoms with Crippen LogP contribution in [0, 0.1) is 5.82 Å². The molecule has 1 aromatic rings. The Balaban J connectivity index is 1.99. The van der Waals surface area contributed by atoms with E-state index in [1.807, 2.05) is 4.90 Å². The normalized spacial score (nSPS) is 18.1. The van der Waals surface area contributed by atoms with E-state index >= 15 is 0 Å². The van der Waals surface area contributed by atoms with E-state index in [1.54, 1.807) is 13.0 Å². The summed E-state index contributed by atoms with van der Waals surface area (Å²) in [5.41, 5.74) is 0.148. The van der Waals surface area contributed by atoms with Crippen molar-refractivity contribution in [3.63, 3.8) is 0 Å². The molecule has 6 heteroatoms. The number of carbonyl (C=O) groups is 1. The lowest BCUT2D eigenvalue weighted by atomic mass is 10.2. The molecule has 1 heterocycles. The van der Waals surface area contributed by atoms with Crippen LogP contribution in [0.3, 0.4) is 0 Å². The quantitative estimate of drug-likeness (QED) is 0.926. The van der Waals surface area contributed by atoms with Crippen LogP contribution in [0.5, 0.6) is 0 Å². The van der Waals surface area contributed by atoms with E-state index in [0.717, 1.165) is 0 Å². The number of nitrogens with zero attached hydrogens (tertiary/aromatic N) is 1. The van der Waals surface area contributed by atoms with Crippen molar-refractivity contribution in [3.05, 3.63) is 29.0 Å². The van der Waals surface area contributed by atoms with Gasteiger partial charge in [-0.2, -0.15) is 0 Å². The lowest BCUT2D eigenvalue weighted by Gasteiger charge is -2.31. The van der Waals surface area contributed by atoms with Crippen molar-refractivity contribution >= 4 is 23.2 Å². The first-order valence-electron chi connectivity index (χ1n) is 6.15. The highest BCUT2D eigenvalue weighted by Gasteiger charge is 2.23. The molecule has 1 saturated heterocycles. The van der Waals surface area contributed by atoms with Crippen LogP contribution in [0.1, 0.15) is 6.92 Å². The molecule has 0 aliphatic carbocycles. The van der Waals surface area contributed by atoms with Crippen LogP contribution in [0.25, 0.3) is 0 Å². The Hall–Kier alpha value is -1.17. The number of carbonyl (C=O) groups excluding carboxylic acids is 1. The van der Waals surface area contributed by atoms with Crippen LogP contribution in [0.2, 0.25) is 5.02 Å². The summed E-state index contributed by atoms with van der Waals surface area (Å²) in [7, 11) is 0. The molecular formula is C13H16ClFN2O2. The second-order valence-electron chi connectivity index (χ2n) is 4.44. The molecule has 1 aliphatic rings. The molecule has 0 spiro atoms. The van der Waals surface area contributed by atoms with E-state index in [0.29, 0.717) is 31.3 Å². The Kier molecular flexibility index (Phi) is 4.74. The number of anilines is 1. The third-order valence-electron chi connectivity index (χ3n) is 3.16. The summed E-state index contributed by atoms with van der Waals surface area (Å²) in [4.78, 5) is 14.1. The first kappa shape index (κ1) is 14.2. The molecule has 1 aromatic carbocycles. The summed E-state index contributed by atoms with van der Waals surface area (Å²) in [6.07, 6.45) is 0. The largest absolute Gasteiger partial charge is 0.379 e. The van der Waals surface area contributed by atoms with E-state index in [4.69, 9.17) is 16.3 Å². The fourth-order valence-electron chi connectivity index (χ4n) is 1.96. The summed E-state index contributed by atoms with van der Waals surface area (Å²) in [5, 5.41) is 2.88. The van der Waals surface area contributed by atoms with Gasteiger partial charge in [-0.15, -0.1) is 0 Å². The number of ether oxygens (including phenoxy) is 1. The van der Waals surface area contributed by atoms with Crippen molar-refractivity contribution in [3.8, 4) is 0 Å². The van der Waals surface area contributed by atoms with Crippen LogP contribution in [-0.4, -0.2) is 43.2 Å². The van der Waals surface area contributed by atoms with E-state index in [9.17, 15) is 9.18 Å². The Morgan fingerprint density at radius 2 is 2.16 bits per heavy atom. The number of hydrogen-bond acceptors (Lipinski definition) is 3. The molecule has 0 unspecified atom stereocenters. The minimum Gasteiger partial charge on any atom is -0.379 e. The first-order chi connectivity index (χ1) is 9.08. The molecule has 104 valence electrons. The van der Waals surface area contributed by atoms with Gasteiger partial charge in [0.1, 0.15) is 5.82 Å². The lowest BCUT2D eigenvalue weighted by molar-refractivity contribution is -0.122. The monoisotopic (exact) mass is 286 g/mol. The van der Waals surface area contributed by atoms with Gasteiger partial charge in [0.05, 0.1) is 24.9 Å². The van der Waals surface area contributed by atoms with Gasteiger partial charge in [-0.3, -0.25) is 9.69 Å². The molecule has 1 amide bonds. The predicted molar refractivity (Wildman–Crippen MR) is 71.9 cm³/mol. The number of hydrogen-bond donors (Lipinski definition) is 1. The molecule has 4 nitrogen and oxygen atoms in total. The number of morpholine rings is 1. The SMILES string of the molecule is C[C@@H](C(=O)Nc1ccc(Cl)cc1F)N1CCOCC1. The zero-order valence-electron chi connectivity index (χ0n) is 10.7. The van der Waals surface area contributed by atoms with Crippen LogP contribution >= 0.6 is 11.6 Å². The summed E-state index contributed by atoms with van der Waals surface area (Å²) >= 11 is 5.66. The van der Waals surface area contributed by atoms with Gasteiger partial charge >= 0.3 is 0 Å². The zero-order chi connectivity index (χ0) is 13.8. The van der Waals surface area contributed by atoms with Crippen LogP contribution in [-0.2, 0) is 9.53 Å². The van der Waals surface area contributed by atoms with E-state index < -0.39 is 5.82 Å². The van der Waals surface area contributed by atoms with Gasteiger partial charge in [0.25, 0.3) is 0 Å². The zero-order valence-corrected chi connectivity index (χ0v) is 11.4. The fraction of sp³-hybridized carbons (Fsp3) is 0.462. The molecular weight excluding hydrogens is 271 g/mol. The van der Waals surface area contributed by atoms with E-state index in [2.05, 4.69) is 5.32 Å². The van der Waals surface area contributed by atoms with Gasteiger partial charge in [0.2, 0.25) is 5.91 Å². The molecule has 1 N–H and O–H groups in total. The smallest absolute Gasteiger partial charge is 0.241 e. The minimum atomic E-state index is -0.532. The van der Waals surface area contributed by atoms with Crippen molar-refractivity contribution in [2.75, 3.05) is 31.6 Å². The highest BCUT2D eigenvalue weighted by Crippen LogP contribution is 2.19. The van der Waals surface area contributed by atoms with Crippen molar-refractivity contribution in [2.24, 2.45) is 0 Å². The molecule has 0 radical (unpaired) electrons. The maximum atomic E-state index is 13.6. The maximum Gasteiger partial charge on any atom is 0.241 e. The van der Waals surface area contributed by atoms with Crippen LogP contribution in [0.15, 0.2) is 18.2 Å². The Morgan fingerprint density at radius 3 is 2.79 bits per heavy atom. The summed E-state index contributed by atoms with van der Waals surface area (Å²) < 4.78 is 18.8. The van der Waals surface area contributed by atoms with Crippen LogP contribution < -0.4 is 5.32 Å². The summed E-state index contributed by atoms with van der Waals surface area (Å²) in [6.45, 7) is 4.45. The van der Waals surface area contributed by atoms with Gasteiger partial charge in [0.15, 0.2) is 0 Å². The molecule has 2 rings (SSSR count). The second-order valence-corrected chi connectivity index (χ2v) is 4.87. The highest BCUT2D eigenvalue weighted by molar-refractivity contribution is 6.30. The maximum absolute atomic E-state index is 13.6. The number of rotatable bonds is 3. The van der Waals surface area contributed by atoms with Crippen LogP contribution in [0.4, 0.5) is 10.1 Å². The van der Waals surface area contributed by atoms with Crippen molar-refractivity contribution in [2.45, 2.75) is 13.0 Å². The number of halogens is 2. The summed E-state index contributed by atoms with van der Waals surface area (Å²) in [6, 6.07) is 3.86. The lowest BCUT2D eigenvalue weighted by Crippen LogP contribution is -2.47. The molecule has 1 fully saturated rings. The second kappa shape index (κ2) is 6.32. The molecule has 0 saturated carbocycles. The third kappa shape index (κ3) is 3.65. The van der Waals surface area contributed by atoms with Gasteiger partial charge < -0.3 is 10.1 Å². The van der Waals surface area contributed by atoms with E-state index in [1.165, 1.54) is 12.1 Å². The Morgan fingerprint density at radius 1 is 1.47 bits per heavy atom. The Labute approximate surface area is 116 Å². The van der Waals surface area contributed by atoms with Gasteiger partial charge in [-0.1, -0.05) is 11.6 Å². The molecule has 1 atom stereocenters.